The minimum atomic E-state index is -4.84. The number of rotatable bonds is 2. The molecular weight excluding hydrogens is 330 g/mol. The molecule has 0 aliphatic heterocycles. The highest BCUT2D eigenvalue weighted by molar-refractivity contribution is 6.35. The number of hydrogen-bond acceptors (Lipinski definition) is 2. The summed E-state index contributed by atoms with van der Waals surface area (Å²) in [7, 11) is 0. The Bertz CT molecular complexity index is 717. The van der Waals surface area contributed by atoms with Crippen LogP contribution in [0, 0.1) is 10.1 Å². The summed E-state index contributed by atoms with van der Waals surface area (Å²) >= 11 is 11.7. The highest BCUT2D eigenvalue weighted by Crippen LogP contribution is 2.43. The molecule has 0 atom stereocenters. The van der Waals surface area contributed by atoms with Crippen LogP contribution in [0.15, 0.2) is 36.4 Å². The second kappa shape index (κ2) is 5.54. The van der Waals surface area contributed by atoms with Gasteiger partial charge in [-0.15, -0.1) is 0 Å². The number of hydrogen-bond donors (Lipinski definition) is 0. The van der Waals surface area contributed by atoms with Crippen molar-refractivity contribution in [2.75, 3.05) is 0 Å². The normalized spacial score (nSPS) is 11.5. The predicted molar refractivity (Wildman–Crippen MR) is 73.6 cm³/mol. The van der Waals surface area contributed by atoms with Gasteiger partial charge in [0, 0.05) is 15.6 Å². The second-order valence-corrected chi connectivity index (χ2v) is 4.92. The van der Waals surface area contributed by atoms with Crippen LogP contribution in [0.1, 0.15) is 5.56 Å². The minimum Gasteiger partial charge on any atom is -0.258 e. The van der Waals surface area contributed by atoms with Crippen LogP contribution in [0.5, 0.6) is 0 Å². The molecule has 0 bridgehead atoms. The average molecular weight is 336 g/mol. The zero-order chi connectivity index (χ0) is 15.8. The maximum atomic E-state index is 12.9. The van der Waals surface area contributed by atoms with E-state index in [1.165, 1.54) is 24.3 Å². The largest absolute Gasteiger partial charge is 0.423 e. The molecule has 0 spiro atoms. The second-order valence-electron chi connectivity index (χ2n) is 4.08. The molecule has 110 valence electrons. The van der Waals surface area contributed by atoms with Crippen molar-refractivity contribution in [1.29, 1.82) is 0 Å². The Morgan fingerprint density at radius 2 is 1.71 bits per heavy atom. The number of benzene rings is 2. The van der Waals surface area contributed by atoms with Crippen molar-refractivity contribution in [3.8, 4) is 11.1 Å². The molecule has 21 heavy (non-hydrogen) atoms. The Morgan fingerprint density at radius 1 is 1.05 bits per heavy atom. The maximum Gasteiger partial charge on any atom is 0.423 e. The molecule has 0 radical (unpaired) electrons. The fraction of sp³-hybridized carbons (Fsp3) is 0.0769. The zero-order valence-electron chi connectivity index (χ0n) is 10.1. The molecule has 0 unspecified atom stereocenters. The highest BCUT2D eigenvalue weighted by Gasteiger charge is 2.40. The number of nitro benzene ring substituents is 1. The van der Waals surface area contributed by atoms with Crippen molar-refractivity contribution >= 4 is 28.9 Å². The molecular formula is C13H6Cl2F3NO2. The van der Waals surface area contributed by atoms with E-state index in [4.69, 9.17) is 23.2 Å². The summed E-state index contributed by atoms with van der Waals surface area (Å²) in [5.74, 6) is 0. The van der Waals surface area contributed by atoms with Gasteiger partial charge in [0.05, 0.1) is 10.5 Å². The molecule has 0 N–H and O–H groups in total. The molecule has 2 aromatic carbocycles. The van der Waals surface area contributed by atoms with Crippen LogP contribution in [0.25, 0.3) is 11.1 Å². The van der Waals surface area contributed by atoms with Crippen molar-refractivity contribution in [1.82, 2.24) is 0 Å². The predicted octanol–water partition coefficient (Wildman–Crippen LogP) is 5.59. The van der Waals surface area contributed by atoms with Gasteiger partial charge in [0.25, 0.3) is 5.69 Å². The molecule has 0 saturated heterocycles. The topological polar surface area (TPSA) is 43.1 Å². The van der Waals surface area contributed by atoms with E-state index >= 15 is 0 Å². The lowest BCUT2D eigenvalue weighted by atomic mass is 10.00. The summed E-state index contributed by atoms with van der Waals surface area (Å²) in [4.78, 5) is 10.0. The minimum absolute atomic E-state index is 0.0711. The summed E-state index contributed by atoms with van der Waals surface area (Å²) in [5.41, 5.74) is -2.54. The van der Waals surface area contributed by atoms with Gasteiger partial charge in [-0.2, -0.15) is 13.2 Å². The van der Waals surface area contributed by atoms with Gasteiger partial charge in [0.2, 0.25) is 0 Å². The lowest BCUT2D eigenvalue weighted by Gasteiger charge is -2.12. The van der Waals surface area contributed by atoms with Crippen molar-refractivity contribution in [3.63, 3.8) is 0 Å². The number of alkyl halides is 3. The van der Waals surface area contributed by atoms with Crippen LogP contribution in [0.3, 0.4) is 0 Å². The molecule has 0 fully saturated rings. The fourth-order valence-electron chi connectivity index (χ4n) is 1.89. The van der Waals surface area contributed by atoms with Gasteiger partial charge in [-0.3, -0.25) is 10.1 Å². The molecule has 8 heteroatoms. The van der Waals surface area contributed by atoms with Gasteiger partial charge < -0.3 is 0 Å². The van der Waals surface area contributed by atoms with E-state index in [2.05, 4.69) is 0 Å². The first-order chi connectivity index (χ1) is 9.71. The van der Waals surface area contributed by atoms with Gasteiger partial charge in [-0.05, 0) is 30.3 Å². The molecule has 2 aromatic rings. The lowest BCUT2D eigenvalue weighted by Crippen LogP contribution is -2.09. The third-order valence-electron chi connectivity index (χ3n) is 2.74. The van der Waals surface area contributed by atoms with Crippen LogP contribution >= 0.6 is 23.2 Å². The van der Waals surface area contributed by atoms with Crippen LogP contribution in [-0.4, -0.2) is 4.92 Å². The van der Waals surface area contributed by atoms with Gasteiger partial charge in [-0.25, -0.2) is 0 Å². The van der Waals surface area contributed by atoms with E-state index in [1.807, 2.05) is 0 Å². The van der Waals surface area contributed by atoms with Gasteiger partial charge >= 0.3 is 6.18 Å². The van der Waals surface area contributed by atoms with Crippen molar-refractivity contribution in [2.24, 2.45) is 0 Å². The summed E-state index contributed by atoms with van der Waals surface area (Å²) in [6.45, 7) is 0. The Morgan fingerprint density at radius 3 is 2.29 bits per heavy atom. The van der Waals surface area contributed by atoms with Crippen molar-refractivity contribution in [2.45, 2.75) is 6.18 Å². The van der Waals surface area contributed by atoms with Gasteiger partial charge in [0.1, 0.15) is 5.56 Å². The van der Waals surface area contributed by atoms with E-state index in [0.29, 0.717) is 6.07 Å². The molecule has 0 heterocycles. The third-order valence-corrected chi connectivity index (χ3v) is 3.31. The van der Waals surface area contributed by atoms with Crippen LogP contribution in [-0.2, 0) is 6.18 Å². The zero-order valence-corrected chi connectivity index (χ0v) is 11.6. The molecule has 0 aliphatic carbocycles. The monoisotopic (exact) mass is 335 g/mol. The van der Waals surface area contributed by atoms with Crippen LogP contribution in [0.4, 0.5) is 18.9 Å². The first-order valence-electron chi connectivity index (χ1n) is 5.52. The van der Waals surface area contributed by atoms with E-state index in [-0.39, 0.29) is 21.2 Å². The molecule has 0 aliphatic rings. The van der Waals surface area contributed by atoms with E-state index in [9.17, 15) is 23.3 Å². The molecule has 3 nitrogen and oxygen atoms in total. The Labute approximate surface area is 127 Å². The number of halogens is 5. The number of nitrogens with zero attached hydrogens (tertiary/aromatic N) is 1. The van der Waals surface area contributed by atoms with E-state index in [0.717, 1.165) is 6.07 Å². The summed E-state index contributed by atoms with van der Waals surface area (Å²) in [5, 5.41) is 11.4. The number of para-hydroxylation sites is 1. The Balaban J connectivity index is 2.81. The summed E-state index contributed by atoms with van der Waals surface area (Å²) in [6.07, 6.45) is -4.84. The Kier molecular flexibility index (Phi) is 4.11. The Hall–Kier alpha value is -1.79. The van der Waals surface area contributed by atoms with Gasteiger partial charge in [-0.1, -0.05) is 29.3 Å². The molecule has 0 amide bonds. The quantitative estimate of drug-likeness (QED) is 0.530. The summed E-state index contributed by atoms with van der Waals surface area (Å²) in [6, 6.07) is 7.02. The van der Waals surface area contributed by atoms with Gasteiger partial charge in [0.15, 0.2) is 0 Å². The molecule has 0 saturated carbocycles. The van der Waals surface area contributed by atoms with Crippen LogP contribution < -0.4 is 0 Å². The molecule has 0 aromatic heterocycles. The highest BCUT2D eigenvalue weighted by atomic mass is 35.5. The van der Waals surface area contributed by atoms with Crippen molar-refractivity contribution < 1.29 is 18.1 Å². The van der Waals surface area contributed by atoms with Crippen LogP contribution in [0.2, 0.25) is 10.0 Å². The van der Waals surface area contributed by atoms with Crippen molar-refractivity contribution in [3.05, 3.63) is 62.1 Å². The smallest absolute Gasteiger partial charge is 0.258 e. The maximum absolute atomic E-state index is 12.9. The summed E-state index contributed by atoms with van der Waals surface area (Å²) < 4.78 is 38.8. The standard InChI is InChI=1S/C13H6Cl2F3NO2/c14-7-4-5-11(15)9(6-7)8-2-1-3-10(13(16,17)18)12(8)19(20)21/h1-6H. The molecule has 2 rings (SSSR count). The lowest BCUT2D eigenvalue weighted by molar-refractivity contribution is -0.387. The third kappa shape index (κ3) is 3.11. The first-order valence-corrected chi connectivity index (χ1v) is 6.27. The van der Waals surface area contributed by atoms with E-state index in [1.54, 1.807) is 0 Å². The first kappa shape index (κ1) is 15.6. The SMILES string of the molecule is O=[N+]([O-])c1c(-c2cc(Cl)ccc2Cl)cccc1C(F)(F)F. The fourth-order valence-corrected chi connectivity index (χ4v) is 2.28. The number of nitro groups is 1. The van der Waals surface area contributed by atoms with E-state index < -0.39 is 22.4 Å². The average Bonchev–Trinajstić information content (AvgIpc) is 2.39.